The van der Waals surface area contributed by atoms with Gasteiger partial charge < -0.3 is 14.8 Å². The zero-order valence-corrected chi connectivity index (χ0v) is 14.4. The Balaban J connectivity index is 1.59. The molecule has 0 radical (unpaired) electrons. The zero-order valence-electron chi connectivity index (χ0n) is 14.4. The number of hydrogen-bond acceptors (Lipinski definition) is 6. The van der Waals surface area contributed by atoms with Crippen LogP contribution in [-0.4, -0.2) is 21.7 Å². The number of fused-ring (bicyclic) bond motifs is 2. The van der Waals surface area contributed by atoms with Crippen molar-refractivity contribution >= 4 is 22.7 Å². The van der Waals surface area contributed by atoms with Gasteiger partial charge in [0.2, 0.25) is 12.7 Å². The normalized spacial score (nSPS) is 12.3. The summed E-state index contributed by atoms with van der Waals surface area (Å²) in [6, 6.07) is 13.0. The van der Waals surface area contributed by atoms with E-state index in [0.29, 0.717) is 33.8 Å². The maximum atomic E-state index is 13.1. The molecule has 0 fully saturated rings. The van der Waals surface area contributed by atoms with E-state index in [2.05, 4.69) is 20.3 Å². The third kappa shape index (κ3) is 2.81. The monoisotopic (exact) mass is 376 g/mol. The van der Waals surface area contributed by atoms with Crippen LogP contribution in [0.3, 0.4) is 0 Å². The van der Waals surface area contributed by atoms with E-state index in [4.69, 9.17) is 9.47 Å². The molecular formula is C20H13FN4O3. The summed E-state index contributed by atoms with van der Waals surface area (Å²) in [4.78, 5) is 24.1. The van der Waals surface area contributed by atoms with Crippen molar-refractivity contribution in [2.24, 2.45) is 0 Å². The summed E-state index contributed by atoms with van der Waals surface area (Å²) < 4.78 is 23.8. The number of benzene rings is 2. The van der Waals surface area contributed by atoms with Crippen molar-refractivity contribution in [1.82, 2.24) is 15.0 Å². The number of H-pyrrole nitrogens is 1. The molecule has 0 saturated heterocycles. The lowest BCUT2D eigenvalue weighted by Gasteiger charge is -2.09. The molecule has 0 spiro atoms. The molecule has 3 heterocycles. The van der Waals surface area contributed by atoms with Crippen molar-refractivity contribution in [1.29, 1.82) is 0 Å². The molecule has 2 aromatic carbocycles. The molecule has 138 valence electrons. The van der Waals surface area contributed by atoms with E-state index in [0.717, 1.165) is 5.56 Å². The van der Waals surface area contributed by atoms with Crippen LogP contribution in [0.25, 0.3) is 22.2 Å². The molecule has 4 aromatic rings. The first-order valence-electron chi connectivity index (χ1n) is 8.49. The number of nitrogens with one attached hydrogen (secondary N) is 2. The topological polar surface area (TPSA) is 89.1 Å². The Labute approximate surface area is 157 Å². The van der Waals surface area contributed by atoms with Crippen molar-refractivity contribution < 1.29 is 13.9 Å². The summed E-state index contributed by atoms with van der Waals surface area (Å²) >= 11 is 0. The van der Waals surface area contributed by atoms with Gasteiger partial charge in [-0.2, -0.15) is 4.98 Å². The van der Waals surface area contributed by atoms with Gasteiger partial charge in [-0.15, -0.1) is 0 Å². The summed E-state index contributed by atoms with van der Waals surface area (Å²) in [5.41, 5.74) is 2.03. The van der Waals surface area contributed by atoms with E-state index in [1.54, 1.807) is 30.5 Å². The molecule has 2 N–H and O–H groups in total. The third-order valence-electron chi connectivity index (χ3n) is 4.40. The van der Waals surface area contributed by atoms with Crippen LogP contribution in [0.5, 0.6) is 11.5 Å². The highest BCUT2D eigenvalue weighted by Crippen LogP contribution is 2.37. The molecule has 5 rings (SSSR count). The van der Waals surface area contributed by atoms with Gasteiger partial charge in [0.15, 0.2) is 17.1 Å². The molecule has 0 bridgehead atoms. The van der Waals surface area contributed by atoms with Gasteiger partial charge in [0.1, 0.15) is 5.82 Å². The lowest BCUT2D eigenvalue weighted by atomic mass is 10.0. The third-order valence-corrected chi connectivity index (χ3v) is 4.40. The highest BCUT2D eigenvalue weighted by atomic mass is 19.1. The van der Waals surface area contributed by atoms with Crippen LogP contribution in [0.4, 0.5) is 16.0 Å². The predicted molar refractivity (Wildman–Crippen MR) is 101 cm³/mol. The standard InChI is InChI=1S/C20H13FN4O3/c21-12-2-4-13(5-3-12)23-20-24-18-17(19(26)25-20)14(7-8-22-18)11-1-6-15-16(9-11)28-10-27-15/h1-9H,10H2,(H2,22,23,24,25,26). The smallest absolute Gasteiger partial charge is 0.262 e. The van der Waals surface area contributed by atoms with Crippen LogP contribution in [-0.2, 0) is 0 Å². The van der Waals surface area contributed by atoms with Crippen molar-refractivity contribution in [3.05, 3.63) is 70.9 Å². The molecule has 1 aliphatic heterocycles. The molecule has 1 aliphatic rings. The number of aromatic amines is 1. The van der Waals surface area contributed by atoms with E-state index >= 15 is 0 Å². The van der Waals surface area contributed by atoms with Gasteiger partial charge in [0.25, 0.3) is 5.56 Å². The van der Waals surface area contributed by atoms with Crippen molar-refractivity contribution in [3.63, 3.8) is 0 Å². The van der Waals surface area contributed by atoms with E-state index in [9.17, 15) is 9.18 Å². The molecular weight excluding hydrogens is 363 g/mol. The van der Waals surface area contributed by atoms with Gasteiger partial charge in [0, 0.05) is 11.9 Å². The second-order valence-corrected chi connectivity index (χ2v) is 6.17. The Hall–Kier alpha value is -3.94. The van der Waals surface area contributed by atoms with Gasteiger partial charge >= 0.3 is 0 Å². The number of nitrogens with zero attached hydrogens (tertiary/aromatic N) is 2. The molecule has 7 nitrogen and oxygen atoms in total. The van der Waals surface area contributed by atoms with Gasteiger partial charge in [-0.05, 0) is 53.6 Å². The number of pyridine rings is 1. The van der Waals surface area contributed by atoms with Crippen molar-refractivity contribution in [2.45, 2.75) is 0 Å². The second-order valence-electron chi connectivity index (χ2n) is 6.17. The Kier molecular flexibility index (Phi) is 3.68. The molecule has 0 amide bonds. The fourth-order valence-electron chi connectivity index (χ4n) is 3.10. The molecule has 0 saturated carbocycles. The first kappa shape index (κ1) is 16.2. The lowest BCUT2D eigenvalue weighted by molar-refractivity contribution is 0.174. The van der Waals surface area contributed by atoms with Crippen LogP contribution in [0, 0.1) is 5.82 Å². The summed E-state index contributed by atoms with van der Waals surface area (Å²) in [6.07, 6.45) is 1.59. The van der Waals surface area contributed by atoms with Crippen molar-refractivity contribution in [2.75, 3.05) is 12.1 Å². The van der Waals surface area contributed by atoms with Crippen LogP contribution in [0.2, 0.25) is 0 Å². The van der Waals surface area contributed by atoms with Crippen LogP contribution < -0.4 is 20.3 Å². The van der Waals surface area contributed by atoms with Crippen LogP contribution in [0.15, 0.2) is 59.5 Å². The molecule has 2 aromatic heterocycles. The summed E-state index contributed by atoms with van der Waals surface area (Å²) in [5.74, 6) is 1.17. The predicted octanol–water partition coefficient (Wildman–Crippen LogP) is 3.60. The molecule has 0 unspecified atom stereocenters. The zero-order chi connectivity index (χ0) is 19.1. The van der Waals surface area contributed by atoms with Gasteiger partial charge in [-0.1, -0.05) is 6.07 Å². The largest absolute Gasteiger partial charge is 0.454 e. The number of hydrogen-bond donors (Lipinski definition) is 2. The van der Waals surface area contributed by atoms with Crippen LogP contribution in [0.1, 0.15) is 0 Å². The van der Waals surface area contributed by atoms with E-state index in [-0.39, 0.29) is 24.1 Å². The fourth-order valence-corrected chi connectivity index (χ4v) is 3.10. The average Bonchev–Trinajstić information content (AvgIpc) is 3.17. The summed E-state index contributed by atoms with van der Waals surface area (Å²) in [7, 11) is 0. The molecule has 8 heteroatoms. The number of rotatable bonds is 3. The fraction of sp³-hybridized carbons (Fsp3) is 0.0500. The number of ether oxygens (including phenoxy) is 2. The number of anilines is 2. The maximum absolute atomic E-state index is 13.1. The number of aromatic nitrogens is 3. The van der Waals surface area contributed by atoms with Gasteiger partial charge in [-0.3, -0.25) is 9.78 Å². The van der Waals surface area contributed by atoms with Gasteiger partial charge in [-0.25, -0.2) is 9.37 Å². The summed E-state index contributed by atoms with van der Waals surface area (Å²) in [6.45, 7) is 0.177. The average molecular weight is 376 g/mol. The minimum absolute atomic E-state index is 0.177. The first-order chi connectivity index (χ1) is 13.7. The SMILES string of the molecule is O=c1[nH]c(Nc2ccc(F)cc2)nc2nccc(-c3ccc4c(c3)OCO4)c12. The van der Waals surface area contributed by atoms with E-state index in [1.165, 1.54) is 12.1 Å². The molecule has 0 atom stereocenters. The maximum Gasteiger partial charge on any atom is 0.262 e. The van der Waals surface area contributed by atoms with E-state index in [1.807, 2.05) is 12.1 Å². The van der Waals surface area contributed by atoms with Crippen LogP contribution >= 0.6 is 0 Å². The minimum Gasteiger partial charge on any atom is -0.454 e. The Bertz CT molecular complexity index is 1250. The Morgan fingerprint density at radius 2 is 1.86 bits per heavy atom. The Morgan fingerprint density at radius 1 is 1.04 bits per heavy atom. The summed E-state index contributed by atoms with van der Waals surface area (Å²) in [5, 5.41) is 3.31. The highest BCUT2D eigenvalue weighted by Gasteiger charge is 2.17. The highest BCUT2D eigenvalue weighted by molar-refractivity contribution is 5.92. The van der Waals surface area contributed by atoms with E-state index < -0.39 is 0 Å². The quantitative estimate of drug-likeness (QED) is 0.568. The number of halogens is 1. The second kappa shape index (κ2) is 6.34. The van der Waals surface area contributed by atoms with Crippen molar-refractivity contribution in [3.8, 4) is 22.6 Å². The lowest BCUT2D eigenvalue weighted by Crippen LogP contribution is -2.13. The minimum atomic E-state index is -0.347. The Morgan fingerprint density at radius 3 is 2.71 bits per heavy atom. The molecule has 28 heavy (non-hydrogen) atoms. The first-order valence-corrected chi connectivity index (χ1v) is 8.49. The van der Waals surface area contributed by atoms with Gasteiger partial charge in [0.05, 0.1) is 5.39 Å². The molecule has 0 aliphatic carbocycles.